The highest BCUT2D eigenvalue weighted by atomic mass is 16.1. The molecule has 0 saturated carbocycles. The molecule has 37 heavy (non-hydrogen) atoms. The van der Waals surface area contributed by atoms with Gasteiger partial charge < -0.3 is 10.2 Å². The van der Waals surface area contributed by atoms with Gasteiger partial charge in [-0.2, -0.15) is 0 Å². The number of carbonyl (C=O) groups is 1. The van der Waals surface area contributed by atoms with Crippen molar-refractivity contribution in [2.75, 3.05) is 20.6 Å². The van der Waals surface area contributed by atoms with Crippen molar-refractivity contribution in [3.8, 4) is 11.3 Å². The molecule has 5 rings (SSSR count). The second kappa shape index (κ2) is 10.7. The van der Waals surface area contributed by atoms with Crippen LogP contribution in [0.4, 0.5) is 0 Å². The summed E-state index contributed by atoms with van der Waals surface area (Å²) < 4.78 is 1.77. The lowest BCUT2D eigenvalue weighted by atomic mass is 10.0. The number of amides is 1. The highest BCUT2D eigenvalue weighted by Gasteiger charge is 2.19. The molecular weight excluding hydrogens is 460 g/mol. The summed E-state index contributed by atoms with van der Waals surface area (Å²) in [5.74, 6) is -0.104. The summed E-state index contributed by atoms with van der Waals surface area (Å²) in [4.78, 5) is 19.7. The number of nitrogens with one attached hydrogen (secondary N) is 1. The molecule has 0 radical (unpaired) electrons. The third-order valence-electron chi connectivity index (χ3n) is 6.37. The Labute approximate surface area is 216 Å². The summed E-state index contributed by atoms with van der Waals surface area (Å²) in [5, 5.41) is 14.2. The zero-order valence-corrected chi connectivity index (χ0v) is 21.3. The van der Waals surface area contributed by atoms with Crippen LogP contribution in [0.5, 0.6) is 0 Å². The lowest BCUT2D eigenvalue weighted by molar-refractivity contribution is 0.0929. The summed E-state index contributed by atoms with van der Waals surface area (Å²) in [6.07, 6.45) is 5.55. The number of pyridine rings is 1. The van der Waals surface area contributed by atoms with Crippen molar-refractivity contribution in [3.05, 3.63) is 114 Å². The Morgan fingerprint density at radius 2 is 1.86 bits per heavy atom. The molecule has 1 amide bonds. The molecule has 7 nitrogen and oxygen atoms in total. The molecule has 1 N–H and O–H groups in total. The third-order valence-corrected chi connectivity index (χ3v) is 6.37. The molecule has 2 heterocycles. The SMILES string of the molecule is Cc1cccc(C(CN(C)C)NC(=O)c2ccccc2Cn2cc(-c3ccc4cnccc4c3)nn2)c1. The minimum atomic E-state index is -0.128. The van der Waals surface area contributed by atoms with Gasteiger partial charge in [-0.05, 0) is 55.7 Å². The van der Waals surface area contributed by atoms with Gasteiger partial charge in [0.05, 0.1) is 18.8 Å². The smallest absolute Gasteiger partial charge is 0.252 e. The van der Waals surface area contributed by atoms with E-state index < -0.39 is 0 Å². The summed E-state index contributed by atoms with van der Waals surface area (Å²) >= 11 is 0. The minimum absolute atomic E-state index is 0.104. The standard InChI is InChI=1S/C30H30N6O/c1-21-7-6-9-23(15-21)28(19-35(2)3)32-30(37)27-10-5-4-8-26(27)18-36-20-29(33-34-36)24-11-12-25-17-31-14-13-22(25)16-24/h4-17,20,28H,18-19H2,1-3H3,(H,32,37). The second-order valence-electron chi connectivity index (χ2n) is 9.60. The first-order valence-corrected chi connectivity index (χ1v) is 12.3. The van der Waals surface area contributed by atoms with Gasteiger partial charge in [0.1, 0.15) is 5.69 Å². The summed E-state index contributed by atoms with van der Waals surface area (Å²) in [5.41, 5.74) is 5.54. The number of benzene rings is 3. The minimum Gasteiger partial charge on any atom is -0.344 e. The van der Waals surface area contributed by atoms with E-state index in [9.17, 15) is 4.79 Å². The summed E-state index contributed by atoms with van der Waals surface area (Å²) in [7, 11) is 4.02. The van der Waals surface area contributed by atoms with E-state index in [0.29, 0.717) is 18.7 Å². The molecule has 0 fully saturated rings. The summed E-state index contributed by atoms with van der Waals surface area (Å²) in [6.45, 7) is 3.21. The average molecular weight is 491 g/mol. The van der Waals surface area contributed by atoms with Crippen LogP contribution < -0.4 is 5.32 Å². The molecule has 0 aliphatic rings. The van der Waals surface area contributed by atoms with E-state index in [1.54, 1.807) is 10.9 Å². The van der Waals surface area contributed by atoms with Gasteiger partial charge >= 0.3 is 0 Å². The van der Waals surface area contributed by atoms with Gasteiger partial charge in [0, 0.05) is 35.5 Å². The zero-order valence-electron chi connectivity index (χ0n) is 21.3. The van der Waals surface area contributed by atoms with E-state index in [0.717, 1.165) is 33.2 Å². The normalized spacial score (nSPS) is 12.1. The lowest BCUT2D eigenvalue weighted by Crippen LogP contribution is -2.35. The fourth-order valence-electron chi connectivity index (χ4n) is 4.53. The fourth-order valence-corrected chi connectivity index (χ4v) is 4.53. The highest BCUT2D eigenvalue weighted by molar-refractivity contribution is 5.96. The fraction of sp³-hybridized carbons (Fsp3) is 0.200. The van der Waals surface area contributed by atoms with Gasteiger partial charge in [-0.1, -0.05) is 65.4 Å². The highest BCUT2D eigenvalue weighted by Crippen LogP contribution is 2.23. The first-order valence-electron chi connectivity index (χ1n) is 12.3. The first kappa shape index (κ1) is 24.3. The van der Waals surface area contributed by atoms with Crippen molar-refractivity contribution >= 4 is 16.7 Å². The molecule has 186 valence electrons. The van der Waals surface area contributed by atoms with Gasteiger partial charge in [-0.3, -0.25) is 9.78 Å². The zero-order chi connectivity index (χ0) is 25.8. The number of aromatic nitrogens is 4. The van der Waals surface area contributed by atoms with Crippen molar-refractivity contribution in [1.82, 2.24) is 30.2 Å². The Kier molecular flexibility index (Phi) is 7.05. The number of aryl methyl sites for hydroxylation is 1. The first-order chi connectivity index (χ1) is 18.0. The van der Waals surface area contributed by atoms with Crippen LogP contribution in [-0.2, 0) is 6.54 Å². The topological polar surface area (TPSA) is 75.9 Å². The molecule has 1 unspecified atom stereocenters. The molecule has 0 saturated heterocycles. The van der Waals surface area contributed by atoms with E-state index in [1.165, 1.54) is 5.56 Å². The van der Waals surface area contributed by atoms with Crippen LogP contribution in [0.25, 0.3) is 22.0 Å². The van der Waals surface area contributed by atoms with Crippen LogP contribution in [0.3, 0.4) is 0 Å². The monoisotopic (exact) mass is 490 g/mol. The molecule has 7 heteroatoms. The number of hydrogen-bond donors (Lipinski definition) is 1. The van der Waals surface area contributed by atoms with Crippen molar-refractivity contribution in [3.63, 3.8) is 0 Å². The Hall–Kier alpha value is -4.36. The predicted molar refractivity (Wildman–Crippen MR) is 146 cm³/mol. The lowest BCUT2D eigenvalue weighted by Gasteiger charge is -2.24. The van der Waals surface area contributed by atoms with Crippen LogP contribution >= 0.6 is 0 Å². The second-order valence-corrected chi connectivity index (χ2v) is 9.60. The Bertz CT molecular complexity index is 1540. The van der Waals surface area contributed by atoms with E-state index in [1.807, 2.05) is 75.0 Å². The van der Waals surface area contributed by atoms with E-state index >= 15 is 0 Å². The predicted octanol–water partition coefficient (Wildman–Crippen LogP) is 4.88. The van der Waals surface area contributed by atoms with E-state index in [2.05, 4.69) is 56.7 Å². The van der Waals surface area contributed by atoms with Crippen LogP contribution in [0.1, 0.15) is 33.1 Å². The number of carbonyl (C=O) groups excluding carboxylic acids is 1. The van der Waals surface area contributed by atoms with Gasteiger partial charge in [0.25, 0.3) is 5.91 Å². The molecule has 0 aliphatic carbocycles. The number of fused-ring (bicyclic) bond motifs is 1. The molecule has 2 aromatic heterocycles. The maximum Gasteiger partial charge on any atom is 0.252 e. The molecular formula is C30H30N6O. The Balaban J connectivity index is 1.36. The third kappa shape index (κ3) is 5.73. The van der Waals surface area contributed by atoms with Crippen molar-refractivity contribution in [1.29, 1.82) is 0 Å². The number of rotatable bonds is 8. The molecule has 0 aliphatic heterocycles. The van der Waals surface area contributed by atoms with Crippen LogP contribution in [0, 0.1) is 6.92 Å². The molecule has 1 atom stereocenters. The number of hydrogen-bond acceptors (Lipinski definition) is 5. The largest absolute Gasteiger partial charge is 0.344 e. The van der Waals surface area contributed by atoms with Crippen molar-refractivity contribution in [2.24, 2.45) is 0 Å². The molecule has 5 aromatic rings. The quantitative estimate of drug-likeness (QED) is 0.335. The summed E-state index contributed by atoms with van der Waals surface area (Å²) in [6, 6.07) is 24.0. The average Bonchev–Trinajstić information content (AvgIpc) is 3.36. The van der Waals surface area contributed by atoms with E-state index in [-0.39, 0.29) is 11.9 Å². The van der Waals surface area contributed by atoms with Gasteiger partial charge in [-0.25, -0.2) is 4.68 Å². The molecule has 0 bridgehead atoms. The Morgan fingerprint density at radius 1 is 1.00 bits per heavy atom. The van der Waals surface area contributed by atoms with Gasteiger partial charge in [0.2, 0.25) is 0 Å². The Morgan fingerprint density at radius 3 is 2.70 bits per heavy atom. The van der Waals surface area contributed by atoms with Gasteiger partial charge in [-0.15, -0.1) is 5.10 Å². The van der Waals surface area contributed by atoms with Crippen LogP contribution in [-0.4, -0.2) is 51.4 Å². The van der Waals surface area contributed by atoms with Crippen molar-refractivity contribution in [2.45, 2.75) is 19.5 Å². The van der Waals surface area contributed by atoms with E-state index in [4.69, 9.17) is 0 Å². The number of nitrogens with zero attached hydrogens (tertiary/aromatic N) is 5. The van der Waals surface area contributed by atoms with Gasteiger partial charge in [0.15, 0.2) is 0 Å². The van der Waals surface area contributed by atoms with Crippen molar-refractivity contribution < 1.29 is 4.79 Å². The van der Waals surface area contributed by atoms with Crippen LogP contribution in [0.15, 0.2) is 91.4 Å². The maximum absolute atomic E-state index is 13.5. The molecule has 0 spiro atoms. The number of likely N-dealkylation sites (N-methyl/N-ethyl adjacent to an activating group) is 1. The maximum atomic E-state index is 13.5. The van der Waals surface area contributed by atoms with Crippen LogP contribution in [0.2, 0.25) is 0 Å². The molecule has 3 aromatic carbocycles.